The van der Waals surface area contributed by atoms with Crippen molar-refractivity contribution in [2.75, 3.05) is 20.3 Å². The molecule has 1 N–H and O–H groups in total. The van der Waals surface area contributed by atoms with Crippen LogP contribution >= 0.6 is 11.6 Å². The summed E-state index contributed by atoms with van der Waals surface area (Å²) in [5, 5.41) is 3.89. The first kappa shape index (κ1) is 13.8. The number of rotatable bonds is 4. The summed E-state index contributed by atoms with van der Waals surface area (Å²) in [6.07, 6.45) is 2.74. The summed E-state index contributed by atoms with van der Waals surface area (Å²) >= 11 is 5.92. The predicted octanol–water partition coefficient (Wildman–Crippen LogP) is 3.04. The molecule has 0 saturated carbocycles. The molecule has 0 radical (unpaired) electrons. The molecule has 0 amide bonds. The van der Waals surface area contributed by atoms with Crippen LogP contribution in [0.3, 0.4) is 0 Å². The Bertz CT molecular complexity index is 393. The van der Waals surface area contributed by atoms with E-state index in [-0.39, 0.29) is 11.9 Å². The summed E-state index contributed by atoms with van der Waals surface area (Å²) in [5.41, 5.74) is 0.688. The van der Waals surface area contributed by atoms with Crippen LogP contribution in [0.4, 0.5) is 4.39 Å². The first-order valence-electron chi connectivity index (χ1n) is 6.39. The van der Waals surface area contributed by atoms with Crippen molar-refractivity contribution in [3.8, 4) is 0 Å². The van der Waals surface area contributed by atoms with Crippen LogP contribution < -0.4 is 5.32 Å². The van der Waals surface area contributed by atoms with E-state index in [1.54, 1.807) is 12.1 Å². The SMILES string of the molecule is CNC(Cc1cc(Cl)ccc1F)C1CCOCC1. The second-order valence-electron chi connectivity index (χ2n) is 4.78. The average Bonchev–Trinajstić information content (AvgIpc) is 2.41. The van der Waals surface area contributed by atoms with Crippen molar-refractivity contribution in [1.82, 2.24) is 5.32 Å². The van der Waals surface area contributed by atoms with E-state index < -0.39 is 0 Å². The summed E-state index contributed by atoms with van der Waals surface area (Å²) in [4.78, 5) is 0. The standard InChI is InChI=1S/C14H19ClFNO/c1-17-14(10-4-6-18-7-5-10)9-11-8-12(15)2-3-13(11)16/h2-3,8,10,14,17H,4-7,9H2,1H3. The molecule has 1 fully saturated rings. The molecule has 0 aromatic heterocycles. The number of hydrogen-bond donors (Lipinski definition) is 1. The zero-order chi connectivity index (χ0) is 13.0. The van der Waals surface area contributed by atoms with E-state index in [4.69, 9.17) is 16.3 Å². The van der Waals surface area contributed by atoms with Crippen LogP contribution in [0, 0.1) is 11.7 Å². The average molecular weight is 272 g/mol. The van der Waals surface area contributed by atoms with Gasteiger partial charge in [0.2, 0.25) is 0 Å². The maximum absolute atomic E-state index is 13.7. The molecule has 2 rings (SSSR count). The van der Waals surface area contributed by atoms with Crippen molar-refractivity contribution in [3.63, 3.8) is 0 Å². The summed E-state index contributed by atoms with van der Waals surface area (Å²) in [7, 11) is 1.93. The van der Waals surface area contributed by atoms with E-state index in [0.717, 1.165) is 26.1 Å². The topological polar surface area (TPSA) is 21.3 Å². The number of benzene rings is 1. The fourth-order valence-corrected chi connectivity index (χ4v) is 2.75. The third-order valence-corrected chi connectivity index (χ3v) is 3.89. The molecule has 1 aromatic rings. The van der Waals surface area contributed by atoms with Gasteiger partial charge in [0.1, 0.15) is 5.82 Å². The number of likely N-dealkylation sites (N-methyl/N-ethyl adjacent to an activating group) is 1. The van der Waals surface area contributed by atoms with Crippen LogP contribution in [0.25, 0.3) is 0 Å². The summed E-state index contributed by atoms with van der Waals surface area (Å²) in [6.45, 7) is 1.61. The molecule has 0 spiro atoms. The smallest absolute Gasteiger partial charge is 0.126 e. The van der Waals surface area contributed by atoms with E-state index in [2.05, 4.69) is 5.32 Å². The highest BCUT2D eigenvalue weighted by Crippen LogP contribution is 2.23. The highest BCUT2D eigenvalue weighted by molar-refractivity contribution is 6.30. The quantitative estimate of drug-likeness (QED) is 0.909. The minimum atomic E-state index is -0.174. The van der Waals surface area contributed by atoms with E-state index in [1.165, 1.54) is 6.07 Å². The lowest BCUT2D eigenvalue weighted by Gasteiger charge is -2.30. The van der Waals surface area contributed by atoms with Gasteiger partial charge in [-0.25, -0.2) is 4.39 Å². The number of nitrogens with one attached hydrogen (secondary N) is 1. The van der Waals surface area contributed by atoms with Gasteiger partial charge in [-0.05, 0) is 56.0 Å². The van der Waals surface area contributed by atoms with Crippen LogP contribution in [0.15, 0.2) is 18.2 Å². The zero-order valence-corrected chi connectivity index (χ0v) is 11.3. The molecular formula is C14H19ClFNO. The molecule has 1 aliphatic heterocycles. The number of hydrogen-bond acceptors (Lipinski definition) is 2. The van der Waals surface area contributed by atoms with Gasteiger partial charge in [0.05, 0.1) is 0 Å². The molecule has 1 unspecified atom stereocenters. The fourth-order valence-electron chi connectivity index (χ4n) is 2.56. The molecule has 1 saturated heterocycles. The van der Waals surface area contributed by atoms with Gasteiger partial charge in [-0.1, -0.05) is 11.6 Å². The number of halogens is 2. The lowest BCUT2D eigenvalue weighted by molar-refractivity contribution is 0.0547. The van der Waals surface area contributed by atoms with Crippen molar-refractivity contribution >= 4 is 11.6 Å². The van der Waals surface area contributed by atoms with Crippen molar-refractivity contribution in [3.05, 3.63) is 34.6 Å². The molecule has 2 nitrogen and oxygen atoms in total. The number of ether oxygens (including phenoxy) is 1. The van der Waals surface area contributed by atoms with E-state index in [1.807, 2.05) is 7.05 Å². The Kier molecular flexibility index (Phi) is 4.98. The molecule has 100 valence electrons. The Morgan fingerprint density at radius 2 is 2.17 bits per heavy atom. The molecule has 1 aliphatic rings. The van der Waals surface area contributed by atoms with Gasteiger partial charge < -0.3 is 10.1 Å². The molecule has 1 aromatic carbocycles. The minimum absolute atomic E-state index is 0.174. The maximum atomic E-state index is 13.7. The van der Waals surface area contributed by atoms with Gasteiger partial charge in [-0.15, -0.1) is 0 Å². The van der Waals surface area contributed by atoms with E-state index in [9.17, 15) is 4.39 Å². The lowest BCUT2D eigenvalue weighted by Crippen LogP contribution is -2.38. The summed E-state index contributed by atoms with van der Waals surface area (Å²) in [6, 6.07) is 5.03. The monoisotopic (exact) mass is 271 g/mol. The van der Waals surface area contributed by atoms with Crippen LogP contribution in [0.2, 0.25) is 5.02 Å². The predicted molar refractivity (Wildman–Crippen MR) is 71.5 cm³/mol. The normalized spacial score (nSPS) is 18.8. The molecule has 18 heavy (non-hydrogen) atoms. The first-order valence-corrected chi connectivity index (χ1v) is 6.77. The van der Waals surface area contributed by atoms with Crippen LogP contribution in [0.5, 0.6) is 0 Å². The van der Waals surface area contributed by atoms with Gasteiger partial charge in [0, 0.05) is 24.3 Å². The Morgan fingerprint density at radius 1 is 1.44 bits per heavy atom. The van der Waals surface area contributed by atoms with Crippen LogP contribution in [-0.4, -0.2) is 26.3 Å². The second kappa shape index (κ2) is 6.50. The van der Waals surface area contributed by atoms with E-state index >= 15 is 0 Å². The highest BCUT2D eigenvalue weighted by atomic mass is 35.5. The van der Waals surface area contributed by atoms with E-state index in [0.29, 0.717) is 22.9 Å². The van der Waals surface area contributed by atoms with Gasteiger partial charge >= 0.3 is 0 Å². The Morgan fingerprint density at radius 3 is 2.83 bits per heavy atom. The van der Waals surface area contributed by atoms with Crippen molar-refractivity contribution < 1.29 is 9.13 Å². The van der Waals surface area contributed by atoms with Crippen LogP contribution in [-0.2, 0) is 11.2 Å². The van der Waals surface area contributed by atoms with Crippen LogP contribution in [0.1, 0.15) is 18.4 Å². The third-order valence-electron chi connectivity index (χ3n) is 3.65. The Balaban J connectivity index is 2.06. The molecule has 1 heterocycles. The first-order chi connectivity index (χ1) is 8.70. The minimum Gasteiger partial charge on any atom is -0.381 e. The molecular weight excluding hydrogens is 253 g/mol. The molecule has 1 atom stereocenters. The van der Waals surface area contributed by atoms with Gasteiger partial charge in [0.25, 0.3) is 0 Å². The zero-order valence-electron chi connectivity index (χ0n) is 10.6. The van der Waals surface area contributed by atoms with Crippen molar-refractivity contribution in [1.29, 1.82) is 0 Å². The molecule has 4 heteroatoms. The third kappa shape index (κ3) is 3.44. The fraction of sp³-hybridized carbons (Fsp3) is 0.571. The van der Waals surface area contributed by atoms with Crippen molar-refractivity contribution in [2.24, 2.45) is 5.92 Å². The Labute approximate surface area is 112 Å². The largest absolute Gasteiger partial charge is 0.381 e. The summed E-state index contributed by atoms with van der Waals surface area (Å²) in [5.74, 6) is 0.369. The van der Waals surface area contributed by atoms with Gasteiger partial charge in [0.15, 0.2) is 0 Å². The lowest BCUT2D eigenvalue weighted by atomic mass is 9.87. The van der Waals surface area contributed by atoms with Gasteiger partial charge in [-0.2, -0.15) is 0 Å². The van der Waals surface area contributed by atoms with Crippen molar-refractivity contribution in [2.45, 2.75) is 25.3 Å². The maximum Gasteiger partial charge on any atom is 0.126 e. The Hall–Kier alpha value is -0.640. The van der Waals surface area contributed by atoms with Gasteiger partial charge in [-0.3, -0.25) is 0 Å². The molecule has 0 bridgehead atoms. The molecule has 0 aliphatic carbocycles. The second-order valence-corrected chi connectivity index (χ2v) is 5.22. The highest BCUT2D eigenvalue weighted by Gasteiger charge is 2.23. The summed E-state index contributed by atoms with van der Waals surface area (Å²) < 4.78 is 19.1.